The highest BCUT2D eigenvalue weighted by molar-refractivity contribution is 14.1. The number of rotatable bonds is 5. The van der Waals surface area contributed by atoms with Crippen LogP contribution in [0.5, 0.6) is 0 Å². The van der Waals surface area contributed by atoms with Crippen molar-refractivity contribution in [1.82, 2.24) is 5.32 Å². The molecule has 0 radical (unpaired) electrons. The van der Waals surface area contributed by atoms with E-state index in [1.165, 1.54) is 0 Å². The Kier molecular flexibility index (Phi) is 5.63. The summed E-state index contributed by atoms with van der Waals surface area (Å²) in [7, 11) is 1.65. The minimum absolute atomic E-state index is 0.0235. The molecular formula is C11H14INO2. The molecule has 1 rings (SSSR count). The highest BCUT2D eigenvalue weighted by Gasteiger charge is 2.03. The van der Waals surface area contributed by atoms with Gasteiger partial charge in [0.2, 0.25) is 0 Å². The van der Waals surface area contributed by atoms with Gasteiger partial charge in [-0.05, 0) is 47.2 Å². The topological polar surface area (TPSA) is 38.3 Å². The number of amides is 1. The molecule has 82 valence electrons. The first-order valence-electron chi connectivity index (χ1n) is 4.76. The first-order chi connectivity index (χ1) is 7.24. The molecule has 0 aromatic heterocycles. The summed E-state index contributed by atoms with van der Waals surface area (Å²) in [4.78, 5) is 11.6. The lowest BCUT2D eigenvalue weighted by Gasteiger charge is -2.04. The lowest BCUT2D eigenvalue weighted by atomic mass is 10.2. The molecule has 15 heavy (non-hydrogen) atoms. The van der Waals surface area contributed by atoms with Gasteiger partial charge in [0.25, 0.3) is 5.91 Å². The normalized spacial score (nSPS) is 10.0. The largest absolute Gasteiger partial charge is 0.385 e. The fourth-order valence-electron chi connectivity index (χ4n) is 1.15. The molecule has 0 saturated heterocycles. The van der Waals surface area contributed by atoms with E-state index in [1.807, 2.05) is 24.3 Å². The van der Waals surface area contributed by atoms with Crippen LogP contribution in [0.25, 0.3) is 0 Å². The average Bonchev–Trinajstić information content (AvgIpc) is 2.24. The maximum absolute atomic E-state index is 11.6. The van der Waals surface area contributed by atoms with E-state index in [4.69, 9.17) is 4.74 Å². The van der Waals surface area contributed by atoms with Crippen LogP contribution in [0.1, 0.15) is 16.8 Å². The standard InChI is InChI=1S/C11H14INO2/c1-15-7-3-6-13-11(14)9-4-2-5-10(12)8-9/h2,4-5,8H,3,6-7H2,1H3,(H,13,14). The number of benzene rings is 1. The van der Waals surface area contributed by atoms with E-state index in [1.54, 1.807) is 7.11 Å². The van der Waals surface area contributed by atoms with Crippen LogP contribution in [0.2, 0.25) is 0 Å². The van der Waals surface area contributed by atoms with Crippen LogP contribution >= 0.6 is 22.6 Å². The Morgan fingerprint density at radius 1 is 1.53 bits per heavy atom. The molecule has 1 aromatic carbocycles. The van der Waals surface area contributed by atoms with E-state index in [-0.39, 0.29) is 5.91 Å². The van der Waals surface area contributed by atoms with Crippen LogP contribution in [0.15, 0.2) is 24.3 Å². The van der Waals surface area contributed by atoms with Gasteiger partial charge in [0, 0.05) is 29.4 Å². The maximum Gasteiger partial charge on any atom is 0.251 e. The second kappa shape index (κ2) is 6.79. The van der Waals surface area contributed by atoms with Crippen LogP contribution in [0, 0.1) is 3.57 Å². The van der Waals surface area contributed by atoms with Crippen molar-refractivity contribution in [3.63, 3.8) is 0 Å². The minimum Gasteiger partial charge on any atom is -0.385 e. The Balaban J connectivity index is 2.40. The number of hydrogen-bond donors (Lipinski definition) is 1. The summed E-state index contributed by atoms with van der Waals surface area (Å²) in [6.07, 6.45) is 0.839. The van der Waals surface area contributed by atoms with Gasteiger partial charge in [0.05, 0.1) is 0 Å². The first-order valence-corrected chi connectivity index (χ1v) is 5.84. The van der Waals surface area contributed by atoms with Crippen LogP contribution < -0.4 is 5.32 Å². The van der Waals surface area contributed by atoms with Crippen molar-refractivity contribution in [3.05, 3.63) is 33.4 Å². The van der Waals surface area contributed by atoms with Crippen molar-refractivity contribution in [2.24, 2.45) is 0 Å². The number of methoxy groups -OCH3 is 1. The van der Waals surface area contributed by atoms with Crippen LogP contribution in [-0.2, 0) is 4.74 Å². The third-order valence-corrected chi connectivity index (χ3v) is 2.57. The SMILES string of the molecule is COCCCNC(=O)c1cccc(I)c1. The molecule has 0 aliphatic carbocycles. The molecule has 0 atom stereocenters. The van der Waals surface area contributed by atoms with E-state index in [0.717, 1.165) is 9.99 Å². The molecule has 1 amide bonds. The Morgan fingerprint density at radius 2 is 2.33 bits per heavy atom. The summed E-state index contributed by atoms with van der Waals surface area (Å²) in [5.41, 5.74) is 0.708. The molecule has 0 unspecified atom stereocenters. The third kappa shape index (κ3) is 4.61. The third-order valence-electron chi connectivity index (χ3n) is 1.90. The predicted octanol–water partition coefficient (Wildman–Crippen LogP) is 2.06. The van der Waals surface area contributed by atoms with E-state index in [0.29, 0.717) is 18.7 Å². The summed E-state index contributed by atoms with van der Waals surface area (Å²) in [6, 6.07) is 7.52. The van der Waals surface area contributed by atoms with Crippen molar-refractivity contribution < 1.29 is 9.53 Å². The van der Waals surface area contributed by atoms with Crippen molar-refractivity contribution in [2.45, 2.75) is 6.42 Å². The summed E-state index contributed by atoms with van der Waals surface area (Å²) < 4.78 is 5.96. The van der Waals surface area contributed by atoms with E-state index in [2.05, 4.69) is 27.9 Å². The van der Waals surface area contributed by atoms with Gasteiger partial charge >= 0.3 is 0 Å². The molecule has 1 N–H and O–H groups in total. The van der Waals surface area contributed by atoms with Crippen LogP contribution in [0.4, 0.5) is 0 Å². The van der Waals surface area contributed by atoms with Crippen LogP contribution in [-0.4, -0.2) is 26.2 Å². The zero-order valence-corrected chi connectivity index (χ0v) is 10.8. The Hall–Kier alpha value is -0.620. The molecule has 4 heteroatoms. The summed E-state index contributed by atoms with van der Waals surface area (Å²) in [6.45, 7) is 1.32. The Bertz CT molecular complexity index is 328. The molecule has 0 bridgehead atoms. The maximum atomic E-state index is 11.6. The molecule has 0 aliphatic heterocycles. The Morgan fingerprint density at radius 3 is 3.00 bits per heavy atom. The number of carbonyl (C=O) groups excluding carboxylic acids is 1. The summed E-state index contributed by atoms with van der Waals surface area (Å²) in [5.74, 6) is -0.0235. The van der Waals surface area contributed by atoms with Gasteiger partial charge in [0.1, 0.15) is 0 Å². The van der Waals surface area contributed by atoms with Gasteiger partial charge in [0.15, 0.2) is 0 Å². The monoisotopic (exact) mass is 319 g/mol. The number of carbonyl (C=O) groups is 1. The molecule has 0 heterocycles. The smallest absolute Gasteiger partial charge is 0.251 e. The summed E-state index contributed by atoms with van der Waals surface area (Å²) >= 11 is 2.19. The van der Waals surface area contributed by atoms with E-state index in [9.17, 15) is 4.79 Å². The molecule has 1 aromatic rings. The number of nitrogens with one attached hydrogen (secondary N) is 1. The van der Waals surface area contributed by atoms with Gasteiger partial charge < -0.3 is 10.1 Å². The minimum atomic E-state index is -0.0235. The molecular weight excluding hydrogens is 305 g/mol. The van der Waals surface area contributed by atoms with Crippen molar-refractivity contribution >= 4 is 28.5 Å². The second-order valence-corrected chi connectivity index (χ2v) is 4.36. The van der Waals surface area contributed by atoms with Crippen LogP contribution in [0.3, 0.4) is 0 Å². The molecule has 0 fully saturated rings. The summed E-state index contributed by atoms with van der Waals surface area (Å²) in [5, 5.41) is 2.84. The second-order valence-electron chi connectivity index (χ2n) is 3.11. The first kappa shape index (κ1) is 12.4. The number of halogens is 1. The highest BCUT2D eigenvalue weighted by Crippen LogP contribution is 2.07. The van der Waals surface area contributed by atoms with E-state index >= 15 is 0 Å². The lowest BCUT2D eigenvalue weighted by Crippen LogP contribution is -2.25. The molecule has 0 saturated carbocycles. The van der Waals surface area contributed by atoms with Gasteiger partial charge in [-0.25, -0.2) is 0 Å². The van der Waals surface area contributed by atoms with Crippen molar-refractivity contribution in [3.8, 4) is 0 Å². The van der Waals surface area contributed by atoms with Gasteiger partial charge in [-0.3, -0.25) is 4.79 Å². The number of ether oxygens (including phenoxy) is 1. The van der Waals surface area contributed by atoms with Crippen molar-refractivity contribution in [1.29, 1.82) is 0 Å². The fourth-order valence-corrected chi connectivity index (χ4v) is 1.69. The lowest BCUT2D eigenvalue weighted by molar-refractivity contribution is 0.0948. The van der Waals surface area contributed by atoms with Gasteiger partial charge in [-0.1, -0.05) is 6.07 Å². The van der Waals surface area contributed by atoms with Gasteiger partial charge in [-0.15, -0.1) is 0 Å². The van der Waals surface area contributed by atoms with Crippen molar-refractivity contribution in [2.75, 3.05) is 20.3 Å². The average molecular weight is 319 g/mol. The molecule has 3 nitrogen and oxygen atoms in total. The predicted molar refractivity (Wildman–Crippen MR) is 68.0 cm³/mol. The molecule has 0 spiro atoms. The Labute approximate surface area is 103 Å². The number of hydrogen-bond acceptors (Lipinski definition) is 2. The zero-order chi connectivity index (χ0) is 11.1. The fraction of sp³-hybridized carbons (Fsp3) is 0.364. The van der Waals surface area contributed by atoms with E-state index < -0.39 is 0 Å². The quantitative estimate of drug-likeness (QED) is 0.666. The zero-order valence-electron chi connectivity index (χ0n) is 8.63. The highest BCUT2D eigenvalue weighted by atomic mass is 127. The van der Waals surface area contributed by atoms with Gasteiger partial charge in [-0.2, -0.15) is 0 Å². The molecule has 0 aliphatic rings.